The molecule has 3 aromatic rings. The molecule has 0 saturated carbocycles. The molecule has 0 atom stereocenters. The quantitative estimate of drug-likeness (QED) is 0.740. The maximum Gasteiger partial charge on any atom is 0.297 e. The van der Waals surface area contributed by atoms with Crippen LogP contribution in [0.3, 0.4) is 0 Å². The Hall–Kier alpha value is -2.95. The average molecular weight is 332 g/mol. The van der Waals surface area contributed by atoms with Crippen LogP contribution in [0.2, 0.25) is 0 Å². The monoisotopic (exact) mass is 332 g/mol. The second-order valence-electron chi connectivity index (χ2n) is 6.26. The number of aromatic nitrogens is 3. The van der Waals surface area contributed by atoms with E-state index in [2.05, 4.69) is 22.1 Å². The van der Waals surface area contributed by atoms with Crippen molar-refractivity contribution in [2.75, 3.05) is 0 Å². The Balaban J connectivity index is 1.67. The fourth-order valence-electron chi connectivity index (χ4n) is 3.23. The van der Waals surface area contributed by atoms with Gasteiger partial charge in [0.2, 0.25) is 0 Å². The largest absolute Gasteiger partial charge is 0.328 e. The summed E-state index contributed by atoms with van der Waals surface area (Å²) < 4.78 is 4.00. The molecule has 0 spiro atoms. The Morgan fingerprint density at radius 3 is 2.80 bits per heavy atom. The summed E-state index contributed by atoms with van der Waals surface area (Å²) in [5.41, 5.74) is 2.41. The van der Waals surface area contributed by atoms with Gasteiger partial charge in [0.1, 0.15) is 17.0 Å². The highest BCUT2D eigenvalue weighted by Crippen LogP contribution is 2.16. The fourth-order valence-corrected chi connectivity index (χ4v) is 3.23. The number of rotatable bonds is 3. The SMILES string of the molecule is O=C(N=c1ccccn1Cc1ccccc1)c1cnc2n1CCCC2. The molecule has 1 amide bonds. The van der Waals surface area contributed by atoms with Crippen LogP contribution < -0.4 is 5.49 Å². The van der Waals surface area contributed by atoms with Crippen LogP contribution in [0.15, 0.2) is 65.9 Å². The van der Waals surface area contributed by atoms with E-state index in [0.29, 0.717) is 17.7 Å². The van der Waals surface area contributed by atoms with Crippen molar-refractivity contribution in [3.8, 4) is 0 Å². The molecular weight excluding hydrogens is 312 g/mol. The Morgan fingerprint density at radius 1 is 1.08 bits per heavy atom. The molecule has 1 aliphatic heterocycles. The van der Waals surface area contributed by atoms with Crippen molar-refractivity contribution in [2.45, 2.75) is 32.4 Å². The third kappa shape index (κ3) is 3.31. The number of aryl methyl sites for hydroxylation is 1. The van der Waals surface area contributed by atoms with Gasteiger partial charge in [-0.25, -0.2) is 4.98 Å². The highest BCUT2D eigenvalue weighted by Gasteiger charge is 2.18. The van der Waals surface area contributed by atoms with Gasteiger partial charge in [-0.05, 0) is 30.5 Å². The smallest absolute Gasteiger partial charge is 0.297 e. The third-order valence-electron chi connectivity index (χ3n) is 4.52. The van der Waals surface area contributed by atoms with Crippen LogP contribution in [0.4, 0.5) is 0 Å². The van der Waals surface area contributed by atoms with E-state index < -0.39 is 0 Å². The second-order valence-corrected chi connectivity index (χ2v) is 6.26. The van der Waals surface area contributed by atoms with Gasteiger partial charge in [0.15, 0.2) is 0 Å². The molecule has 5 heteroatoms. The first kappa shape index (κ1) is 15.6. The van der Waals surface area contributed by atoms with E-state index in [0.717, 1.165) is 31.6 Å². The summed E-state index contributed by atoms with van der Waals surface area (Å²) in [7, 11) is 0. The molecule has 0 aliphatic carbocycles. The predicted molar refractivity (Wildman–Crippen MR) is 95.0 cm³/mol. The van der Waals surface area contributed by atoms with E-state index in [4.69, 9.17) is 0 Å². The lowest BCUT2D eigenvalue weighted by atomic mass is 10.1. The number of nitrogens with zero attached hydrogens (tertiary/aromatic N) is 4. The normalized spacial score (nSPS) is 14.3. The minimum absolute atomic E-state index is 0.228. The first-order valence-corrected chi connectivity index (χ1v) is 8.64. The molecule has 5 nitrogen and oxygen atoms in total. The van der Waals surface area contributed by atoms with Crippen molar-refractivity contribution < 1.29 is 4.79 Å². The van der Waals surface area contributed by atoms with Crippen molar-refractivity contribution in [2.24, 2.45) is 4.99 Å². The van der Waals surface area contributed by atoms with Gasteiger partial charge in [-0.3, -0.25) is 4.79 Å². The maximum atomic E-state index is 12.7. The molecule has 3 heterocycles. The Morgan fingerprint density at radius 2 is 1.92 bits per heavy atom. The lowest BCUT2D eigenvalue weighted by Gasteiger charge is -2.14. The molecule has 1 aliphatic rings. The molecule has 25 heavy (non-hydrogen) atoms. The molecule has 0 radical (unpaired) electrons. The number of carbonyl (C=O) groups excluding carboxylic acids is 1. The summed E-state index contributed by atoms with van der Waals surface area (Å²) in [5.74, 6) is 0.767. The van der Waals surface area contributed by atoms with Crippen molar-refractivity contribution in [3.63, 3.8) is 0 Å². The summed E-state index contributed by atoms with van der Waals surface area (Å²) >= 11 is 0. The molecule has 0 fully saturated rings. The number of pyridine rings is 1. The zero-order valence-corrected chi connectivity index (χ0v) is 14.0. The summed E-state index contributed by atoms with van der Waals surface area (Å²) in [6.07, 6.45) is 6.77. The Bertz CT molecular complexity index is 953. The first-order chi connectivity index (χ1) is 12.3. The van der Waals surface area contributed by atoms with Gasteiger partial charge >= 0.3 is 0 Å². The van der Waals surface area contributed by atoms with Crippen molar-refractivity contribution in [1.82, 2.24) is 14.1 Å². The minimum atomic E-state index is -0.228. The van der Waals surface area contributed by atoms with Crippen molar-refractivity contribution in [1.29, 1.82) is 0 Å². The minimum Gasteiger partial charge on any atom is -0.328 e. The number of amides is 1. The van der Waals surface area contributed by atoms with Crippen LogP contribution in [-0.2, 0) is 19.5 Å². The lowest BCUT2D eigenvalue weighted by molar-refractivity contribution is 0.0987. The number of hydrogen-bond donors (Lipinski definition) is 0. The molecule has 2 aromatic heterocycles. The highest BCUT2D eigenvalue weighted by molar-refractivity contribution is 5.93. The lowest BCUT2D eigenvalue weighted by Crippen LogP contribution is -2.23. The zero-order chi connectivity index (χ0) is 17.1. The molecule has 0 unspecified atom stereocenters. The van der Waals surface area contributed by atoms with E-state index in [1.807, 2.05) is 51.7 Å². The average Bonchev–Trinajstić information content (AvgIpc) is 3.08. The van der Waals surface area contributed by atoms with Gasteiger partial charge in [-0.1, -0.05) is 36.4 Å². The molecule has 4 rings (SSSR count). The van der Waals surface area contributed by atoms with Crippen LogP contribution in [0.25, 0.3) is 0 Å². The van der Waals surface area contributed by atoms with E-state index in [1.54, 1.807) is 6.20 Å². The van der Waals surface area contributed by atoms with Gasteiger partial charge in [0.05, 0.1) is 6.20 Å². The van der Waals surface area contributed by atoms with Gasteiger partial charge in [-0.15, -0.1) is 0 Å². The van der Waals surface area contributed by atoms with Gasteiger partial charge in [-0.2, -0.15) is 4.99 Å². The van der Waals surface area contributed by atoms with Crippen LogP contribution in [0.1, 0.15) is 34.7 Å². The van der Waals surface area contributed by atoms with Gasteiger partial charge in [0.25, 0.3) is 5.91 Å². The molecule has 0 saturated heterocycles. The second kappa shape index (κ2) is 6.89. The van der Waals surface area contributed by atoms with Crippen LogP contribution in [0, 0.1) is 0 Å². The van der Waals surface area contributed by atoms with Crippen LogP contribution >= 0.6 is 0 Å². The number of fused-ring (bicyclic) bond motifs is 1. The van der Waals surface area contributed by atoms with Crippen LogP contribution in [0.5, 0.6) is 0 Å². The predicted octanol–water partition coefficient (Wildman–Crippen LogP) is 2.81. The number of imidazole rings is 1. The summed E-state index contributed by atoms with van der Waals surface area (Å²) in [5, 5.41) is 0. The Kier molecular flexibility index (Phi) is 4.29. The van der Waals surface area contributed by atoms with E-state index in [-0.39, 0.29) is 5.91 Å². The standard InChI is InChI=1S/C20H20N4O/c25-20(17-14-21-18-10-5-7-13-24(17)18)22-19-11-4-6-12-23(19)15-16-8-2-1-3-9-16/h1-4,6,8-9,11-12,14H,5,7,10,13,15H2. The summed E-state index contributed by atoms with van der Waals surface area (Å²) in [4.78, 5) is 21.5. The number of hydrogen-bond acceptors (Lipinski definition) is 2. The van der Waals surface area contributed by atoms with E-state index in [9.17, 15) is 4.79 Å². The number of benzene rings is 1. The molecular formula is C20H20N4O. The zero-order valence-electron chi connectivity index (χ0n) is 14.0. The fraction of sp³-hybridized carbons (Fsp3) is 0.250. The van der Waals surface area contributed by atoms with Crippen molar-refractivity contribution in [3.05, 3.63) is 83.5 Å². The topological polar surface area (TPSA) is 52.2 Å². The molecule has 126 valence electrons. The van der Waals surface area contributed by atoms with E-state index >= 15 is 0 Å². The Labute approximate surface area is 146 Å². The van der Waals surface area contributed by atoms with Gasteiger partial charge < -0.3 is 9.13 Å². The molecule has 1 aromatic carbocycles. The van der Waals surface area contributed by atoms with Gasteiger partial charge in [0, 0.05) is 25.7 Å². The first-order valence-electron chi connectivity index (χ1n) is 8.64. The molecule has 0 N–H and O–H groups in total. The highest BCUT2D eigenvalue weighted by atomic mass is 16.1. The molecule has 0 bridgehead atoms. The summed E-state index contributed by atoms with van der Waals surface area (Å²) in [6.45, 7) is 1.53. The van der Waals surface area contributed by atoms with Crippen molar-refractivity contribution >= 4 is 5.91 Å². The summed E-state index contributed by atoms with van der Waals surface area (Å²) in [6, 6.07) is 15.9. The van der Waals surface area contributed by atoms with E-state index in [1.165, 1.54) is 5.56 Å². The number of carbonyl (C=O) groups is 1. The maximum absolute atomic E-state index is 12.7. The van der Waals surface area contributed by atoms with Crippen LogP contribution in [-0.4, -0.2) is 20.0 Å². The third-order valence-corrected chi connectivity index (χ3v) is 4.52.